The Hall–Kier alpha value is -2.75. The van der Waals surface area contributed by atoms with Crippen molar-refractivity contribution in [2.75, 3.05) is 20.8 Å². The summed E-state index contributed by atoms with van der Waals surface area (Å²) in [4.78, 5) is 22.6. The molecule has 0 saturated heterocycles. The van der Waals surface area contributed by atoms with E-state index in [4.69, 9.17) is 25.6 Å². The van der Waals surface area contributed by atoms with Crippen LogP contribution in [0.2, 0.25) is 5.02 Å². The number of imidazole rings is 1. The molecule has 1 fully saturated rings. The van der Waals surface area contributed by atoms with Gasteiger partial charge in [-0.1, -0.05) is 22.8 Å². The molecule has 0 radical (unpaired) electrons. The van der Waals surface area contributed by atoms with Crippen molar-refractivity contribution >= 4 is 28.2 Å². The zero-order valence-electron chi connectivity index (χ0n) is 17.3. The van der Waals surface area contributed by atoms with Gasteiger partial charge in [-0.3, -0.25) is 9.20 Å². The van der Waals surface area contributed by atoms with Gasteiger partial charge in [-0.05, 0) is 37.8 Å². The lowest BCUT2D eigenvalue weighted by Crippen LogP contribution is -2.25. The number of aromatic nitrogens is 5. The SMILES string of the molecule is COCCn1c(=O)c2c(-c3noc(C4(OC)CCCC4)n3)ncn2c2cccc(Cl)c21. The molecule has 0 unspecified atom stereocenters. The first-order valence-corrected chi connectivity index (χ1v) is 10.5. The van der Waals surface area contributed by atoms with Crippen LogP contribution >= 0.6 is 11.6 Å². The zero-order chi connectivity index (χ0) is 21.6. The highest BCUT2D eigenvalue weighted by molar-refractivity contribution is 6.35. The summed E-state index contributed by atoms with van der Waals surface area (Å²) in [5.41, 5.74) is 1.28. The van der Waals surface area contributed by atoms with Crippen molar-refractivity contribution < 1.29 is 14.0 Å². The number of halogens is 1. The first-order valence-electron chi connectivity index (χ1n) is 10.2. The summed E-state index contributed by atoms with van der Waals surface area (Å²) in [7, 11) is 3.25. The van der Waals surface area contributed by atoms with Gasteiger partial charge in [-0.2, -0.15) is 4.98 Å². The summed E-state index contributed by atoms with van der Waals surface area (Å²) in [6.45, 7) is 0.712. The summed E-state index contributed by atoms with van der Waals surface area (Å²) >= 11 is 6.46. The number of methoxy groups -OCH3 is 2. The molecule has 3 aromatic heterocycles. The maximum Gasteiger partial charge on any atom is 0.277 e. The quantitative estimate of drug-likeness (QED) is 0.450. The fourth-order valence-corrected chi connectivity index (χ4v) is 4.72. The predicted molar refractivity (Wildman–Crippen MR) is 114 cm³/mol. The Kier molecular flexibility index (Phi) is 5.04. The number of fused-ring (bicyclic) bond motifs is 3. The number of para-hydroxylation sites is 1. The molecular weight excluding hydrogens is 422 g/mol. The minimum atomic E-state index is -0.570. The van der Waals surface area contributed by atoms with Crippen LogP contribution in [0.3, 0.4) is 0 Å². The standard InChI is InChI=1S/C21H22ClN5O4/c1-29-11-10-26-16-13(22)6-5-7-14(16)27-12-23-15(17(27)19(26)28)18-24-20(31-25-18)21(30-2)8-3-4-9-21/h5-7,12H,3-4,8-11H2,1-2H3. The van der Waals surface area contributed by atoms with E-state index in [1.807, 2.05) is 12.1 Å². The van der Waals surface area contributed by atoms with Gasteiger partial charge in [0.2, 0.25) is 5.82 Å². The lowest BCUT2D eigenvalue weighted by Gasteiger charge is -2.21. The molecule has 5 rings (SSSR count). The third-order valence-electron chi connectivity index (χ3n) is 6.06. The van der Waals surface area contributed by atoms with Crippen LogP contribution in [-0.4, -0.2) is 44.9 Å². The molecular formula is C21H22ClN5O4. The van der Waals surface area contributed by atoms with Crippen molar-refractivity contribution in [3.8, 4) is 11.5 Å². The van der Waals surface area contributed by atoms with Crippen LogP contribution in [0.4, 0.5) is 0 Å². The van der Waals surface area contributed by atoms with E-state index in [9.17, 15) is 4.79 Å². The second-order valence-electron chi connectivity index (χ2n) is 7.70. The highest BCUT2D eigenvalue weighted by Gasteiger charge is 2.41. The Bertz CT molecular complexity index is 1320. The van der Waals surface area contributed by atoms with Crippen LogP contribution in [0, 0.1) is 0 Å². The minimum absolute atomic E-state index is 0.251. The second-order valence-corrected chi connectivity index (χ2v) is 8.10. The number of nitrogens with zero attached hydrogens (tertiary/aromatic N) is 5. The van der Waals surface area contributed by atoms with Crippen molar-refractivity contribution in [1.29, 1.82) is 0 Å². The molecule has 0 aliphatic heterocycles. The fraction of sp³-hybridized carbons (Fsp3) is 0.429. The third kappa shape index (κ3) is 3.07. The Morgan fingerprint density at radius 2 is 2.03 bits per heavy atom. The molecule has 31 heavy (non-hydrogen) atoms. The van der Waals surface area contributed by atoms with E-state index in [0.717, 1.165) is 31.2 Å². The molecule has 10 heteroatoms. The summed E-state index contributed by atoms with van der Waals surface area (Å²) < 4.78 is 19.8. The monoisotopic (exact) mass is 443 g/mol. The van der Waals surface area contributed by atoms with Gasteiger partial charge in [-0.25, -0.2) is 4.98 Å². The summed E-state index contributed by atoms with van der Waals surface area (Å²) in [6, 6.07) is 5.49. The molecule has 3 heterocycles. The average molecular weight is 444 g/mol. The highest BCUT2D eigenvalue weighted by Crippen LogP contribution is 2.41. The first-order chi connectivity index (χ1) is 15.1. The minimum Gasteiger partial charge on any atom is -0.383 e. The second kappa shape index (κ2) is 7.74. The van der Waals surface area contributed by atoms with Gasteiger partial charge >= 0.3 is 0 Å². The van der Waals surface area contributed by atoms with Crippen LogP contribution < -0.4 is 5.56 Å². The largest absolute Gasteiger partial charge is 0.383 e. The molecule has 1 saturated carbocycles. The number of benzene rings is 1. The van der Waals surface area contributed by atoms with Gasteiger partial charge in [0, 0.05) is 20.8 Å². The van der Waals surface area contributed by atoms with Crippen molar-refractivity contribution in [3.63, 3.8) is 0 Å². The highest BCUT2D eigenvalue weighted by atomic mass is 35.5. The molecule has 0 atom stereocenters. The molecule has 9 nitrogen and oxygen atoms in total. The Labute approximate surface area is 182 Å². The lowest BCUT2D eigenvalue weighted by atomic mass is 10.0. The first kappa shape index (κ1) is 20.2. The molecule has 0 bridgehead atoms. The Morgan fingerprint density at radius 3 is 2.77 bits per heavy atom. The molecule has 162 valence electrons. The number of hydrogen-bond acceptors (Lipinski definition) is 7. The van der Waals surface area contributed by atoms with Crippen molar-refractivity contribution in [2.45, 2.75) is 37.8 Å². The summed E-state index contributed by atoms with van der Waals surface area (Å²) in [5, 5.41) is 4.62. The average Bonchev–Trinajstić information content (AvgIpc) is 3.52. The van der Waals surface area contributed by atoms with E-state index in [0.29, 0.717) is 40.8 Å². The van der Waals surface area contributed by atoms with E-state index in [2.05, 4.69) is 15.1 Å². The van der Waals surface area contributed by atoms with Gasteiger partial charge in [0.05, 0.1) is 22.7 Å². The number of ether oxygens (including phenoxy) is 2. The Balaban J connectivity index is 1.73. The van der Waals surface area contributed by atoms with Crippen LogP contribution in [0.1, 0.15) is 31.6 Å². The van der Waals surface area contributed by atoms with Crippen molar-refractivity contribution in [3.05, 3.63) is 45.8 Å². The van der Waals surface area contributed by atoms with Gasteiger partial charge in [0.1, 0.15) is 23.1 Å². The molecule has 0 amide bonds. The van der Waals surface area contributed by atoms with E-state index in [-0.39, 0.29) is 11.4 Å². The summed E-state index contributed by atoms with van der Waals surface area (Å²) in [6.07, 6.45) is 5.30. The normalized spacial score (nSPS) is 16.0. The van der Waals surface area contributed by atoms with E-state index >= 15 is 0 Å². The van der Waals surface area contributed by atoms with E-state index in [1.165, 1.54) is 0 Å². The van der Waals surface area contributed by atoms with Gasteiger partial charge in [-0.15, -0.1) is 0 Å². The fourth-order valence-electron chi connectivity index (χ4n) is 4.45. The van der Waals surface area contributed by atoms with Crippen LogP contribution in [0.15, 0.2) is 33.8 Å². The van der Waals surface area contributed by atoms with Gasteiger partial charge in [0.15, 0.2) is 0 Å². The lowest BCUT2D eigenvalue weighted by molar-refractivity contribution is -0.0342. The van der Waals surface area contributed by atoms with Gasteiger partial charge in [0.25, 0.3) is 11.4 Å². The predicted octanol–water partition coefficient (Wildman–Crippen LogP) is 3.41. The summed E-state index contributed by atoms with van der Waals surface area (Å²) in [5.74, 6) is 0.685. The molecule has 1 aliphatic rings. The molecule has 1 aromatic carbocycles. The van der Waals surface area contributed by atoms with Crippen LogP contribution in [0.25, 0.3) is 28.1 Å². The van der Waals surface area contributed by atoms with E-state index in [1.54, 1.807) is 35.6 Å². The maximum absolute atomic E-state index is 13.5. The molecule has 4 aromatic rings. The Morgan fingerprint density at radius 1 is 1.23 bits per heavy atom. The molecule has 1 aliphatic carbocycles. The van der Waals surface area contributed by atoms with Gasteiger partial charge < -0.3 is 18.6 Å². The van der Waals surface area contributed by atoms with Crippen LogP contribution in [-0.2, 0) is 21.6 Å². The smallest absolute Gasteiger partial charge is 0.277 e. The topological polar surface area (TPSA) is 96.7 Å². The third-order valence-corrected chi connectivity index (χ3v) is 6.36. The van der Waals surface area contributed by atoms with Crippen molar-refractivity contribution in [2.24, 2.45) is 0 Å². The van der Waals surface area contributed by atoms with Crippen LogP contribution in [0.5, 0.6) is 0 Å². The maximum atomic E-state index is 13.5. The zero-order valence-corrected chi connectivity index (χ0v) is 18.1. The van der Waals surface area contributed by atoms with Crippen molar-refractivity contribution in [1.82, 2.24) is 24.1 Å². The molecule has 0 N–H and O–H groups in total. The number of rotatable bonds is 6. The van der Waals surface area contributed by atoms with E-state index < -0.39 is 5.60 Å². The molecule has 0 spiro atoms. The number of hydrogen-bond donors (Lipinski definition) is 0.